The Morgan fingerprint density at radius 2 is 0.431 bits per heavy atom. The molecule has 1 aliphatic carbocycles. The maximum Gasteiger partial charge on any atom is -0.00173 e. The van der Waals surface area contributed by atoms with Gasteiger partial charge in [-0.05, 0) is 252 Å². The van der Waals surface area contributed by atoms with E-state index in [-0.39, 0.29) is 0 Å². The summed E-state index contributed by atoms with van der Waals surface area (Å²) in [7, 11) is 0. The van der Waals surface area contributed by atoms with Crippen LogP contribution in [0.5, 0.6) is 0 Å². The van der Waals surface area contributed by atoms with Crippen LogP contribution in [0.15, 0.2) is 0 Å². The molecule has 0 heterocycles. The van der Waals surface area contributed by atoms with E-state index in [9.17, 15) is 0 Å². The molecule has 51 heavy (non-hydrogen) atoms. The van der Waals surface area contributed by atoms with Gasteiger partial charge in [0.2, 0.25) is 0 Å². The molecule has 10 nitrogen and oxygen atoms in total. The molecule has 0 aliphatic heterocycles. The molecule has 10 heteroatoms. The standard InChI is InChI=1S/C41H92N10/c1-3-42-21-5-7-23-44-25-9-11-27-46-29-13-15-31-48-33-17-19-35-50-38-40-37-41(40)39-51-36-20-18-34-49-32-16-14-30-47-28-12-10-26-45-24-8-6-22-43-4-2/h40-51H,3-39H2,1-2H3/t40-,41-/m0/s1. The van der Waals surface area contributed by atoms with E-state index in [0.29, 0.717) is 0 Å². The van der Waals surface area contributed by atoms with Crippen molar-refractivity contribution in [3.63, 3.8) is 0 Å². The summed E-state index contributed by atoms with van der Waals surface area (Å²) < 4.78 is 0. The highest BCUT2D eigenvalue weighted by atomic mass is 14.9. The minimum absolute atomic E-state index is 0.908. The van der Waals surface area contributed by atoms with Gasteiger partial charge in [-0.1, -0.05) is 13.8 Å². The van der Waals surface area contributed by atoms with E-state index in [0.717, 1.165) is 117 Å². The molecule has 0 aromatic rings. The van der Waals surface area contributed by atoms with Crippen LogP contribution in [-0.4, -0.2) is 131 Å². The van der Waals surface area contributed by atoms with Crippen LogP contribution in [0.3, 0.4) is 0 Å². The second-order valence-electron chi connectivity index (χ2n) is 15.0. The third-order valence-electron chi connectivity index (χ3n) is 10.0. The Labute approximate surface area is 318 Å². The van der Waals surface area contributed by atoms with Crippen LogP contribution < -0.4 is 53.2 Å². The van der Waals surface area contributed by atoms with Crippen molar-refractivity contribution >= 4 is 0 Å². The molecule has 306 valence electrons. The Kier molecular flexibility index (Phi) is 40.4. The fourth-order valence-corrected chi connectivity index (χ4v) is 6.49. The predicted octanol–water partition coefficient (Wildman–Crippen LogP) is 3.80. The van der Waals surface area contributed by atoms with E-state index in [1.54, 1.807) is 0 Å². The van der Waals surface area contributed by atoms with Crippen molar-refractivity contribution in [1.82, 2.24) is 53.2 Å². The number of hydrogen-bond donors (Lipinski definition) is 10. The minimum atomic E-state index is 0.908. The predicted molar refractivity (Wildman–Crippen MR) is 226 cm³/mol. The molecule has 1 fully saturated rings. The summed E-state index contributed by atoms with van der Waals surface area (Å²) in [4.78, 5) is 0. The highest BCUT2D eigenvalue weighted by Gasteiger charge is 2.35. The number of nitrogens with one attached hydrogen (secondary N) is 10. The van der Waals surface area contributed by atoms with Gasteiger partial charge in [0.05, 0.1) is 0 Å². The Morgan fingerprint density at radius 1 is 0.255 bits per heavy atom. The van der Waals surface area contributed by atoms with Crippen LogP contribution in [-0.2, 0) is 0 Å². The van der Waals surface area contributed by atoms with E-state index in [1.807, 2.05) is 0 Å². The smallest absolute Gasteiger partial charge is 0.00173 e. The van der Waals surface area contributed by atoms with Crippen LogP contribution in [0.25, 0.3) is 0 Å². The van der Waals surface area contributed by atoms with Gasteiger partial charge in [-0.15, -0.1) is 0 Å². The van der Waals surface area contributed by atoms with Gasteiger partial charge in [0.25, 0.3) is 0 Å². The molecule has 0 aromatic carbocycles. The lowest BCUT2D eigenvalue weighted by Crippen LogP contribution is -2.24. The second-order valence-corrected chi connectivity index (χ2v) is 15.0. The fraction of sp³-hybridized carbons (Fsp3) is 1.00. The first-order valence-corrected chi connectivity index (χ1v) is 22.5. The average Bonchev–Trinajstić information content (AvgIpc) is 3.90. The minimum Gasteiger partial charge on any atom is -0.317 e. The molecule has 0 amide bonds. The first-order valence-electron chi connectivity index (χ1n) is 22.5. The van der Waals surface area contributed by atoms with Crippen LogP contribution in [0.2, 0.25) is 0 Å². The number of hydrogen-bond acceptors (Lipinski definition) is 10. The van der Waals surface area contributed by atoms with Gasteiger partial charge in [0.15, 0.2) is 0 Å². The van der Waals surface area contributed by atoms with Gasteiger partial charge in [0.1, 0.15) is 0 Å². The SMILES string of the molecule is CCNCCCCNCCCCNCCCCNCCCCNC[C@@H]1C[C@H]1CNCCCCNCCCCNCCCCNCCCCNCC. The Hall–Kier alpha value is -0.400. The first kappa shape index (κ1) is 48.6. The lowest BCUT2D eigenvalue weighted by Gasteiger charge is -2.08. The molecular weight excluding hydrogens is 633 g/mol. The van der Waals surface area contributed by atoms with Crippen molar-refractivity contribution in [2.24, 2.45) is 11.8 Å². The van der Waals surface area contributed by atoms with Crippen molar-refractivity contribution in [2.75, 3.05) is 131 Å². The summed E-state index contributed by atoms with van der Waals surface area (Å²) in [5, 5.41) is 35.8. The first-order chi connectivity index (χ1) is 25.4. The van der Waals surface area contributed by atoms with E-state index in [2.05, 4.69) is 67.0 Å². The molecule has 0 radical (unpaired) electrons. The largest absolute Gasteiger partial charge is 0.317 e. The monoisotopic (exact) mass is 725 g/mol. The van der Waals surface area contributed by atoms with E-state index >= 15 is 0 Å². The molecule has 0 aromatic heterocycles. The normalized spacial score (nSPS) is 15.6. The Balaban J connectivity index is 1.64. The lowest BCUT2D eigenvalue weighted by molar-refractivity contribution is 0.520. The van der Waals surface area contributed by atoms with Crippen LogP contribution in [0, 0.1) is 11.8 Å². The van der Waals surface area contributed by atoms with Gasteiger partial charge in [-0.25, -0.2) is 0 Å². The summed E-state index contributed by atoms with van der Waals surface area (Å²) in [6.45, 7) is 27.6. The van der Waals surface area contributed by atoms with Gasteiger partial charge in [-0.3, -0.25) is 0 Å². The second kappa shape index (κ2) is 42.3. The summed E-state index contributed by atoms with van der Waals surface area (Å²) in [5.41, 5.74) is 0. The molecule has 1 saturated carbocycles. The summed E-state index contributed by atoms with van der Waals surface area (Å²) in [6, 6.07) is 0. The molecule has 0 saturated heterocycles. The van der Waals surface area contributed by atoms with E-state index < -0.39 is 0 Å². The van der Waals surface area contributed by atoms with Gasteiger partial charge in [-0.2, -0.15) is 0 Å². The summed E-state index contributed by atoms with van der Waals surface area (Å²) >= 11 is 0. The van der Waals surface area contributed by atoms with Crippen molar-refractivity contribution in [2.45, 2.75) is 123 Å². The molecule has 0 unspecified atom stereocenters. The van der Waals surface area contributed by atoms with Crippen LogP contribution in [0.4, 0.5) is 0 Å². The van der Waals surface area contributed by atoms with Crippen molar-refractivity contribution in [1.29, 1.82) is 0 Å². The maximum absolute atomic E-state index is 3.72. The highest BCUT2D eigenvalue weighted by molar-refractivity contribution is 4.89. The Morgan fingerprint density at radius 3 is 0.627 bits per heavy atom. The molecule has 0 spiro atoms. The third kappa shape index (κ3) is 39.1. The molecule has 1 rings (SSSR count). The van der Waals surface area contributed by atoms with Crippen molar-refractivity contribution in [3.8, 4) is 0 Å². The van der Waals surface area contributed by atoms with Gasteiger partial charge < -0.3 is 53.2 Å². The molecule has 2 atom stereocenters. The zero-order valence-electron chi connectivity index (χ0n) is 34.3. The van der Waals surface area contributed by atoms with Crippen LogP contribution in [0.1, 0.15) is 123 Å². The number of rotatable bonds is 46. The average molecular weight is 725 g/mol. The van der Waals surface area contributed by atoms with Gasteiger partial charge >= 0.3 is 0 Å². The van der Waals surface area contributed by atoms with E-state index in [1.165, 1.54) is 135 Å². The van der Waals surface area contributed by atoms with Crippen LogP contribution >= 0.6 is 0 Å². The van der Waals surface area contributed by atoms with E-state index in [4.69, 9.17) is 0 Å². The molecular formula is C41H92N10. The zero-order valence-corrected chi connectivity index (χ0v) is 34.3. The molecule has 0 bridgehead atoms. The van der Waals surface area contributed by atoms with Crippen molar-refractivity contribution < 1.29 is 0 Å². The quantitative estimate of drug-likeness (QED) is 0.0425. The topological polar surface area (TPSA) is 120 Å². The zero-order chi connectivity index (χ0) is 36.4. The molecule has 1 aliphatic rings. The summed E-state index contributed by atoms with van der Waals surface area (Å²) in [5.74, 6) is 1.82. The number of unbranched alkanes of at least 4 members (excludes halogenated alkanes) is 8. The highest BCUT2D eigenvalue weighted by Crippen LogP contribution is 2.37. The summed E-state index contributed by atoms with van der Waals surface area (Å²) in [6.07, 6.45) is 21.9. The van der Waals surface area contributed by atoms with Crippen molar-refractivity contribution in [3.05, 3.63) is 0 Å². The lowest BCUT2D eigenvalue weighted by atomic mass is 10.2. The third-order valence-corrected chi connectivity index (χ3v) is 10.0. The molecule has 10 N–H and O–H groups in total. The fourth-order valence-electron chi connectivity index (χ4n) is 6.49. The van der Waals surface area contributed by atoms with Gasteiger partial charge in [0, 0.05) is 0 Å². The maximum atomic E-state index is 3.72. The Bertz CT molecular complexity index is 592.